The van der Waals surface area contributed by atoms with E-state index in [0.717, 1.165) is 16.7 Å². The lowest BCUT2D eigenvalue weighted by molar-refractivity contribution is 0.0950. The number of hydrogen-bond donors (Lipinski definition) is 3. The van der Waals surface area contributed by atoms with Gasteiger partial charge in [0.1, 0.15) is 5.82 Å². The molecule has 3 rings (SSSR count). The minimum absolute atomic E-state index is 0.108. The van der Waals surface area contributed by atoms with Gasteiger partial charge < -0.3 is 15.3 Å². The molecular formula is C13H12N4O. The fraction of sp³-hybridized carbons (Fsp3) is 0.0769. The van der Waals surface area contributed by atoms with Gasteiger partial charge in [-0.25, -0.2) is 4.98 Å². The normalized spacial score (nSPS) is 10.7. The van der Waals surface area contributed by atoms with Crippen molar-refractivity contribution in [2.45, 2.75) is 6.54 Å². The number of fused-ring (bicyclic) bond motifs is 1. The number of nitrogens with zero attached hydrogens (tertiary/aromatic N) is 1. The van der Waals surface area contributed by atoms with Gasteiger partial charge in [-0.2, -0.15) is 0 Å². The van der Waals surface area contributed by atoms with Crippen LogP contribution in [0.5, 0.6) is 0 Å². The molecule has 0 unspecified atom stereocenters. The molecule has 2 aromatic heterocycles. The summed E-state index contributed by atoms with van der Waals surface area (Å²) in [7, 11) is 0. The molecule has 0 aliphatic heterocycles. The standard InChI is InChI=1S/C13H12N4O/c18-13(17-8-12-15-5-6-16-12)10-2-1-9-3-4-14-11(9)7-10/h1-7,14H,8H2,(H,15,16)(H,17,18). The van der Waals surface area contributed by atoms with Crippen LogP contribution in [-0.2, 0) is 6.54 Å². The van der Waals surface area contributed by atoms with E-state index in [2.05, 4.69) is 20.3 Å². The van der Waals surface area contributed by atoms with Crippen LogP contribution < -0.4 is 5.32 Å². The zero-order chi connectivity index (χ0) is 12.4. The van der Waals surface area contributed by atoms with Crippen LogP contribution in [0.1, 0.15) is 16.2 Å². The molecule has 0 spiro atoms. The molecule has 0 fully saturated rings. The van der Waals surface area contributed by atoms with Gasteiger partial charge >= 0.3 is 0 Å². The molecule has 90 valence electrons. The highest BCUT2D eigenvalue weighted by Gasteiger charge is 2.07. The number of aromatic nitrogens is 3. The Morgan fingerprint density at radius 3 is 3.00 bits per heavy atom. The van der Waals surface area contributed by atoms with Crippen LogP contribution in [0.3, 0.4) is 0 Å². The number of amides is 1. The Kier molecular flexibility index (Phi) is 2.57. The van der Waals surface area contributed by atoms with E-state index in [9.17, 15) is 4.79 Å². The Morgan fingerprint density at radius 2 is 2.17 bits per heavy atom. The monoisotopic (exact) mass is 240 g/mol. The fourth-order valence-corrected chi connectivity index (χ4v) is 1.85. The SMILES string of the molecule is O=C(NCc1ncc[nH]1)c1ccc2cc[nH]c2c1. The second-order valence-corrected chi connectivity index (χ2v) is 4.00. The van der Waals surface area contributed by atoms with E-state index in [-0.39, 0.29) is 5.91 Å². The van der Waals surface area contributed by atoms with E-state index < -0.39 is 0 Å². The first kappa shape index (κ1) is 10.6. The summed E-state index contributed by atoms with van der Waals surface area (Å²) >= 11 is 0. The zero-order valence-electron chi connectivity index (χ0n) is 9.60. The topological polar surface area (TPSA) is 73.6 Å². The number of carbonyl (C=O) groups excluding carboxylic acids is 1. The highest BCUT2D eigenvalue weighted by atomic mass is 16.1. The molecule has 0 aliphatic carbocycles. The first-order chi connectivity index (χ1) is 8.83. The van der Waals surface area contributed by atoms with Gasteiger partial charge in [0.15, 0.2) is 0 Å². The van der Waals surface area contributed by atoms with E-state index in [4.69, 9.17) is 0 Å². The van der Waals surface area contributed by atoms with Gasteiger partial charge in [-0.05, 0) is 23.6 Å². The molecule has 0 saturated heterocycles. The Morgan fingerprint density at radius 1 is 1.22 bits per heavy atom. The number of benzene rings is 1. The van der Waals surface area contributed by atoms with Crippen LogP contribution in [0, 0.1) is 0 Å². The minimum atomic E-state index is -0.108. The number of hydrogen-bond acceptors (Lipinski definition) is 2. The average Bonchev–Trinajstić information content (AvgIpc) is 3.05. The third-order valence-electron chi connectivity index (χ3n) is 2.79. The molecule has 3 aromatic rings. The molecule has 2 heterocycles. The Balaban J connectivity index is 1.75. The lowest BCUT2D eigenvalue weighted by atomic mass is 10.1. The van der Waals surface area contributed by atoms with Crippen molar-refractivity contribution in [3.63, 3.8) is 0 Å². The van der Waals surface area contributed by atoms with Gasteiger partial charge in [-0.1, -0.05) is 6.07 Å². The fourth-order valence-electron chi connectivity index (χ4n) is 1.85. The van der Waals surface area contributed by atoms with Gasteiger partial charge in [-0.3, -0.25) is 4.79 Å². The van der Waals surface area contributed by atoms with Crippen molar-refractivity contribution < 1.29 is 4.79 Å². The van der Waals surface area contributed by atoms with Crippen LogP contribution in [0.2, 0.25) is 0 Å². The van der Waals surface area contributed by atoms with Crippen LogP contribution in [0.15, 0.2) is 42.9 Å². The number of rotatable bonds is 3. The highest BCUT2D eigenvalue weighted by Crippen LogP contribution is 2.14. The minimum Gasteiger partial charge on any atom is -0.361 e. The number of H-pyrrole nitrogens is 2. The van der Waals surface area contributed by atoms with Gasteiger partial charge in [0.25, 0.3) is 5.91 Å². The summed E-state index contributed by atoms with van der Waals surface area (Å²) in [6.45, 7) is 0.397. The van der Waals surface area contributed by atoms with Crippen molar-refractivity contribution in [1.29, 1.82) is 0 Å². The predicted molar refractivity (Wildman–Crippen MR) is 68.1 cm³/mol. The molecule has 5 nitrogen and oxygen atoms in total. The van der Waals surface area contributed by atoms with E-state index in [0.29, 0.717) is 12.1 Å². The Bertz CT molecular complexity index is 669. The summed E-state index contributed by atoms with van der Waals surface area (Å²) in [6.07, 6.45) is 5.24. The molecule has 1 amide bonds. The van der Waals surface area contributed by atoms with Crippen molar-refractivity contribution >= 4 is 16.8 Å². The quantitative estimate of drug-likeness (QED) is 0.653. The number of aromatic amines is 2. The Hall–Kier alpha value is -2.56. The third kappa shape index (κ3) is 1.98. The van der Waals surface area contributed by atoms with E-state index in [1.807, 2.05) is 30.5 Å². The molecule has 0 radical (unpaired) electrons. The van der Waals surface area contributed by atoms with Crippen molar-refractivity contribution in [2.24, 2.45) is 0 Å². The van der Waals surface area contributed by atoms with Crippen molar-refractivity contribution in [2.75, 3.05) is 0 Å². The van der Waals surface area contributed by atoms with Crippen molar-refractivity contribution in [3.8, 4) is 0 Å². The maximum absolute atomic E-state index is 11.9. The van der Waals surface area contributed by atoms with Crippen molar-refractivity contribution in [3.05, 3.63) is 54.2 Å². The van der Waals surface area contributed by atoms with E-state index in [1.165, 1.54) is 0 Å². The molecule has 0 bridgehead atoms. The molecular weight excluding hydrogens is 228 g/mol. The second kappa shape index (κ2) is 4.37. The zero-order valence-corrected chi connectivity index (χ0v) is 9.60. The summed E-state index contributed by atoms with van der Waals surface area (Å²) in [6, 6.07) is 7.55. The van der Waals surface area contributed by atoms with Gasteiger partial charge in [-0.15, -0.1) is 0 Å². The van der Waals surface area contributed by atoms with Crippen LogP contribution in [0.4, 0.5) is 0 Å². The highest BCUT2D eigenvalue weighted by molar-refractivity contribution is 5.97. The number of carbonyl (C=O) groups is 1. The summed E-state index contributed by atoms with van der Waals surface area (Å²) in [5.74, 6) is 0.632. The second-order valence-electron chi connectivity index (χ2n) is 4.00. The molecule has 18 heavy (non-hydrogen) atoms. The smallest absolute Gasteiger partial charge is 0.251 e. The molecule has 1 aromatic carbocycles. The van der Waals surface area contributed by atoms with Crippen LogP contribution >= 0.6 is 0 Å². The maximum Gasteiger partial charge on any atom is 0.251 e. The lowest BCUT2D eigenvalue weighted by Crippen LogP contribution is -2.23. The van der Waals surface area contributed by atoms with E-state index in [1.54, 1.807) is 12.4 Å². The molecule has 0 atom stereocenters. The molecule has 0 saturated carbocycles. The first-order valence-electron chi connectivity index (χ1n) is 5.66. The first-order valence-corrected chi connectivity index (χ1v) is 5.66. The predicted octanol–water partition coefficient (Wildman–Crippen LogP) is 1.82. The molecule has 3 N–H and O–H groups in total. The van der Waals surface area contributed by atoms with E-state index >= 15 is 0 Å². The third-order valence-corrected chi connectivity index (χ3v) is 2.79. The van der Waals surface area contributed by atoms with Gasteiger partial charge in [0, 0.05) is 29.7 Å². The summed E-state index contributed by atoms with van der Waals surface area (Å²) in [5.41, 5.74) is 1.59. The summed E-state index contributed by atoms with van der Waals surface area (Å²) < 4.78 is 0. The summed E-state index contributed by atoms with van der Waals surface area (Å²) in [4.78, 5) is 22.0. The largest absolute Gasteiger partial charge is 0.361 e. The van der Waals surface area contributed by atoms with Gasteiger partial charge in [0.2, 0.25) is 0 Å². The lowest BCUT2D eigenvalue weighted by Gasteiger charge is -2.03. The molecule has 0 aliphatic rings. The Labute approximate surface area is 103 Å². The molecule has 5 heteroatoms. The number of nitrogens with one attached hydrogen (secondary N) is 3. The number of imidazole rings is 1. The van der Waals surface area contributed by atoms with Crippen molar-refractivity contribution in [1.82, 2.24) is 20.3 Å². The van der Waals surface area contributed by atoms with Crippen LogP contribution in [0.25, 0.3) is 10.9 Å². The van der Waals surface area contributed by atoms with Crippen LogP contribution in [-0.4, -0.2) is 20.9 Å². The average molecular weight is 240 g/mol. The van der Waals surface area contributed by atoms with Gasteiger partial charge in [0.05, 0.1) is 6.54 Å². The maximum atomic E-state index is 11.9. The summed E-state index contributed by atoms with van der Waals surface area (Å²) in [5, 5.41) is 3.91.